The Bertz CT molecular complexity index is 1530. The molecule has 37 heavy (non-hydrogen) atoms. The van der Waals surface area contributed by atoms with Crippen LogP contribution in [0.25, 0.3) is 10.8 Å². The maximum atomic E-state index is 13.9. The van der Waals surface area contributed by atoms with E-state index >= 15 is 0 Å². The standard InChI is InChI=1S/C29H24N2O6/c1-28-11-12-29(37-28,13-14-36-19-6-4-5-17(15-19)27(34)35)24-23(28)25(32)31(26(24)33)22-10-9-18(16-30)20-7-2-3-8-21(20)22/h2-10,15,23-24H,11-14H2,1H3,(H,34,35)/t23-,24+,28-,29-/m1/s1. The topological polar surface area (TPSA) is 117 Å². The van der Waals surface area contributed by atoms with Gasteiger partial charge in [-0.15, -0.1) is 0 Å². The van der Waals surface area contributed by atoms with Gasteiger partial charge in [-0.1, -0.05) is 30.3 Å². The van der Waals surface area contributed by atoms with Crippen LogP contribution >= 0.6 is 0 Å². The van der Waals surface area contributed by atoms with Crippen molar-refractivity contribution in [2.45, 2.75) is 37.4 Å². The molecule has 3 saturated heterocycles. The molecule has 1 N–H and O–H groups in total. The number of imide groups is 1. The summed E-state index contributed by atoms with van der Waals surface area (Å²) >= 11 is 0. The summed E-state index contributed by atoms with van der Waals surface area (Å²) in [5.74, 6) is -2.42. The van der Waals surface area contributed by atoms with Crippen LogP contribution in [0.4, 0.5) is 5.69 Å². The second-order valence-electron chi connectivity index (χ2n) is 10.2. The van der Waals surface area contributed by atoms with Gasteiger partial charge < -0.3 is 14.6 Å². The van der Waals surface area contributed by atoms with Crippen molar-refractivity contribution in [1.82, 2.24) is 0 Å². The zero-order valence-corrected chi connectivity index (χ0v) is 20.1. The van der Waals surface area contributed by atoms with Crippen LogP contribution in [0.15, 0.2) is 60.7 Å². The van der Waals surface area contributed by atoms with E-state index in [-0.39, 0.29) is 24.0 Å². The molecule has 0 aromatic heterocycles. The van der Waals surface area contributed by atoms with Gasteiger partial charge in [0.2, 0.25) is 11.8 Å². The fraction of sp³-hybridized carbons (Fsp3) is 0.310. The molecule has 3 aromatic carbocycles. The molecule has 4 atom stereocenters. The van der Waals surface area contributed by atoms with Gasteiger partial charge in [0.05, 0.1) is 52.5 Å². The van der Waals surface area contributed by atoms with Gasteiger partial charge in [0.15, 0.2) is 0 Å². The first-order chi connectivity index (χ1) is 17.8. The van der Waals surface area contributed by atoms with E-state index in [0.29, 0.717) is 47.0 Å². The van der Waals surface area contributed by atoms with Gasteiger partial charge in [0, 0.05) is 17.2 Å². The van der Waals surface area contributed by atoms with Gasteiger partial charge in [-0.05, 0) is 50.1 Å². The number of nitrogens with zero attached hydrogens (tertiary/aromatic N) is 2. The number of ether oxygens (including phenoxy) is 2. The molecular weight excluding hydrogens is 472 g/mol. The van der Waals surface area contributed by atoms with Crippen LogP contribution in [0, 0.1) is 23.2 Å². The summed E-state index contributed by atoms with van der Waals surface area (Å²) in [6.45, 7) is 2.12. The van der Waals surface area contributed by atoms with Crippen LogP contribution < -0.4 is 9.64 Å². The summed E-state index contributed by atoms with van der Waals surface area (Å²) in [6.07, 6.45) is 1.68. The molecular formula is C29H24N2O6. The lowest BCUT2D eigenvalue weighted by Gasteiger charge is -2.31. The SMILES string of the molecule is C[C@]12CC[C@](CCOc3cccc(C(=O)O)c3)(O1)[C@@H]1C(=O)N(c3ccc(C#N)c4ccccc34)C(=O)[C@@H]12. The van der Waals surface area contributed by atoms with Gasteiger partial charge in [-0.2, -0.15) is 5.26 Å². The van der Waals surface area contributed by atoms with Crippen LogP contribution in [0.3, 0.4) is 0 Å². The Balaban J connectivity index is 1.31. The molecule has 0 spiro atoms. The van der Waals surface area contributed by atoms with Crippen molar-refractivity contribution in [3.05, 3.63) is 71.8 Å². The number of aromatic carboxylic acids is 1. The van der Waals surface area contributed by atoms with Crippen molar-refractivity contribution < 1.29 is 29.0 Å². The van der Waals surface area contributed by atoms with Gasteiger partial charge >= 0.3 is 5.97 Å². The summed E-state index contributed by atoms with van der Waals surface area (Å²) in [4.78, 5) is 40.3. The maximum absolute atomic E-state index is 13.9. The largest absolute Gasteiger partial charge is 0.493 e. The quantitative estimate of drug-likeness (QED) is 0.506. The molecule has 0 unspecified atom stereocenters. The highest BCUT2D eigenvalue weighted by Crippen LogP contribution is 2.62. The number of fused-ring (bicyclic) bond motifs is 6. The molecule has 8 heteroatoms. The van der Waals surface area contributed by atoms with Crippen molar-refractivity contribution >= 4 is 34.2 Å². The van der Waals surface area contributed by atoms with E-state index in [9.17, 15) is 24.8 Å². The van der Waals surface area contributed by atoms with E-state index in [2.05, 4.69) is 6.07 Å². The molecule has 3 aliphatic rings. The molecule has 0 saturated carbocycles. The lowest BCUT2D eigenvalue weighted by atomic mass is 9.67. The Kier molecular flexibility index (Phi) is 5.11. The van der Waals surface area contributed by atoms with Gasteiger partial charge in [-0.25, -0.2) is 9.69 Å². The second-order valence-corrected chi connectivity index (χ2v) is 10.2. The molecule has 0 radical (unpaired) electrons. The Morgan fingerprint density at radius 1 is 1.08 bits per heavy atom. The van der Waals surface area contributed by atoms with E-state index in [1.807, 2.05) is 31.2 Å². The molecule has 3 aliphatic heterocycles. The van der Waals surface area contributed by atoms with E-state index in [1.54, 1.807) is 24.3 Å². The lowest BCUT2D eigenvalue weighted by molar-refractivity contribution is -0.131. The minimum absolute atomic E-state index is 0.128. The van der Waals surface area contributed by atoms with Crippen molar-refractivity contribution in [3.8, 4) is 11.8 Å². The maximum Gasteiger partial charge on any atom is 0.335 e. The van der Waals surface area contributed by atoms with Gasteiger partial charge in [0.1, 0.15) is 5.75 Å². The third kappa shape index (κ3) is 3.35. The zero-order chi connectivity index (χ0) is 25.9. The molecule has 3 aromatic rings. The molecule has 2 bridgehead atoms. The number of amides is 2. The highest BCUT2D eigenvalue weighted by atomic mass is 16.5. The van der Waals surface area contributed by atoms with Crippen molar-refractivity contribution in [1.29, 1.82) is 5.26 Å². The number of carboxylic acids is 1. The Hall–Kier alpha value is -4.22. The van der Waals surface area contributed by atoms with E-state index < -0.39 is 29.0 Å². The van der Waals surface area contributed by atoms with Gasteiger partial charge in [0.25, 0.3) is 0 Å². The second kappa shape index (κ2) is 8.15. The molecule has 8 nitrogen and oxygen atoms in total. The number of rotatable bonds is 6. The predicted molar refractivity (Wildman–Crippen MR) is 133 cm³/mol. The first-order valence-electron chi connectivity index (χ1n) is 12.2. The third-order valence-corrected chi connectivity index (χ3v) is 8.15. The van der Waals surface area contributed by atoms with Crippen LogP contribution in [0.5, 0.6) is 5.75 Å². The van der Waals surface area contributed by atoms with Gasteiger partial charge in [-0.3, -0.25) is 9.59 Å². The number of benzene rings is 3. The van der Waals surface area contributed by atoms with Crippen LogP contribution in [0.2, 0.25) is 0 Å². The number of hydrogen-bond donors (Lipinski definition) is 1. The summed E-state index contributed by atoms with van der Waals surface area (Å²) in [7, 11) is 0. The molecule has 186 valence electrons. The predicted octanol–water partition coefficient (Wildman–Crippen LogP) is 4.31. The summed E-state index contributed by atoms with van der Waals surface area (Å²) in [5, 5.41) is 20.1. The lowest BCUT2D eigenvalue weighted by Crippen LogP contribution is -2.43. The Morgan fingerprint density at radius 2 is 1.84 bits per heavy atom. The number of carbonyl (C=O) groups excluding carboxylic acids is 2. The monoisotopic (exact) mass is 496 g/mol. The molecule has 0 aliphatic carbocycles. The highest BCUT2D eigenvalue weighted by Gasteiger charge is 2.73. The fourth-order valence-electron chi connectivity index (χ4n) is 6.48. The van der Waals surface area contributed by atoms with Crippen molar-refractivity contribution in [2.75, 3.05) is 11.5 Å². The van der Waals surface area contributed by atoms with E-state index in [4.69, 9.17) is 9.47 Å². The summed E-state index contributed by atoms with van der Waals surface area (Å²) in [6, 6.07) is 19.0. The first kappa shape index (κ1) is 23.2. The zero-order valence-electron chi connectivity index (χ0n) is 20.1. The average Bonchev–Trinajstić information content (AvgIpc) is 3.48. The number of carbonyl (C=O) groups is 3. The number of anilines is 1. The smallest absolute Gasteiger partial charge is 0.335 e. The molecule has 2 amide bonds. The summed E-state index contributed by atoms with van der Waals surface area (Å²) < 4.78 is 12.3. The fourth-order valence-corrected chi connectivity index (χ4v) is 6.48. The summed E-state index contributed by atoms with van der Waals surface area (Å²) in [5.41, 5.74) is -0.498. The molecule has 3 fully saturated rings. The Labute approximate surface area is 213 Å². The molecule has 6 rings (SSSR count). The first-order valence-corrected chi connectivity index (χ1v) is 12.2. The van der Waals surface area contributed by atoms with E-state index in [0.717, 1.165) is 0 Å². The van der Waals surface area contributed by atoms with Crippen molar-refractivity contribution in [2.24, 2.45) is 11.8 Å². The van der Waals surface area contributed by atoms with Crippen molar-refractivity contribution in [3.63, 3.8) is 0 Å². The Morgan fingerprint density at radius 3 is 2.59 bits per heavy atom. The average molecular weight is 497 g/mol. The normalized spacial score (nSPS) is 27.9. The minimum atomic E-state index is -1.04. The molecule has 3 heterocycles. The van der Waals surface area contributed by atoms with Crippen LogP contribution in [-0.4, -0.2) is 40.7 Å². The number of hydrogen-bond acceptors (Lipinski definition) is 6. The van der Waals surface area contributed by atoms with Crippen LogP contribution in [0.1, 0.15) is 42.1 Å². The number of carboxylic acid groups (broad SMARTS) is 1. The third-order valence-electron chi connectivity index (χ3n) is 8.15. The van der Waals surface area contributed by atoms with Crippen LogP contribution in [-0.2, 0) is 14.3 Å². The van der Waals surface area contributed by atoms with E-state index in [1.165, 1.54) is 17.0 Å². The number of nitriles is 1. The minimum Gasteiger partial charge on any atom is -0.493 e. The highest BCUT2D eigenvalue weighted by molar-refractivity contribution is 6.26.